The van der Waals surface area contributed by atoms with Gasteiger partial charge in [0, 0.05) is 6.20 Å². The number of carboxylic acids is 1. The number of hydrogen-bond donors (Lipinski definition) is 3. The summed E-state index contributed by atoms with van der Waals surface area (Å²) in [6, 6.07) is 1.91. The Kier molecular flexibility index (Phi) is 3.91. The van der Waals surface area contributed by atoms with Crippen LogP contribution in [0.25, 0.3) is 5.65 Å². The number of aromatic nitrogens is 2. The van der Waals surface area contributed by atoms with Crippen molar-refractivity contribution in [2.24, 2.45) is 0 Å². The number of imidazole rings is 1. The zero-order valence-electron chi connectivity index (χ0n) is 10.5. The number of pyridine rings is 1. The molecular weight excluding hydrogens is 286 g/mol. The molecule has 0 aliphatic rings. The van der Waals surface area contributed by atoms with E-state index in [1.165, 1.54) is 10.6 Å². The summed E-state index contributed by atoms with van der Waals surface area (Å²) in [7, 11) is 0. The molecule has 0 bridgehead atoms. The summed E-state index contributed by atoms with van der Waals surface area (Å²) in [5.74, 6) is -1.95. The molecule has 1 amide bonds. The van der Waals surface area contributed by atoms with Gasteiger partial charge in [-0.05, 0) is 19.1 Å². The van der Waals surface area contributed by atoms with Crippen LogP contribution >= 0.6 is 11.6 Å². The molecule has 0 aliphatic heterocycles. The number of carbonyl (C=O) groups excluding carboxylic acids is 1. The van der Waals surface area contributed by atoms with Crippen LogP contribution in [0, 0.1) is 6.92 Å². The van der Waals surface area contributed by atoms with Gasteiger partial charge in [-0.3, -0.25) is 9.20 Å². The van der Waals surface area contributed by atoms with Crippen LogP contribution in [0.2, 0.25) is 5.02 Å². The largest absolute Gasteiger partial charge is 0.480 e. The lowest BCUT2D eigenvalue weighted by Gasteiger charge is -2.11. The van der Waals surface area contributed by atoms with E-state index >= 15 is 0 Å². The lowest BCUT2D eigenvalue weighted by atomic mass is 10.2. The Morgan fingerprint density at radius 3 is 2.80 bits per heavy atom. The quantitative estimate of drug-likeness (QED) is 0.761. The van der Waals surface area contributed by atoms with E-state index in [2.05, 4.69) is 10.3 Å². The third kappa shape index (κ3) is 2.59. The number of nitrogens with zero attached hydrogens (tertiary/aromatic N) is 2. The van der Waals surface area contributed by atoms with Crippen LogP contribution in [0.1, 0.15) is 16.2 Å². The molecule has 2 aromatic heterocycles. The van der Waals surface area contributed by atoms with Gasteiger partial charge in [-0.15, -0.1) is 0 Å². The van der Waals surface area contributed by atoms with Crippen molar-refractivity contribution in [2.75, 3.05) is 6.61 Å². The Morgan fingerprint density at radius 2 is 2.20 bits per heavy atom. The monoisotopic (exact) mass is 297 g/mol. The van der Waals surface area contributed by atoms with Crippen LogP contribution in [0.15, 0.2) is 18.3 Å². The zero-order chi connectivity index (χ0) is 14.9. The van der Waals surface area contributed by atoms with E-state index in [0.29, 0.717) is 16.4 Å². The van der Waals surface area contributed by atoms with E-state index in [1.807, 2.05) is 0 Å². The van der Waals surface area contributed by atoms with E-state index in [-0.39, 0.29) is 5.69 Å². The van der Waals surface area contributed by atoms with Crippen molar-refractivity contribution in [1.29, 1.82) is 0 Å². The summed E-state index contributed by atoms with van der Waals surface area (Å²) in [5, 5.41) is 20.4. The van der Waals surface area contributed by atoms with E-state index in [4.69, 9.17) is 21.8 Å². The van der Waals surface area contributed by atoms with E-state index in [0.717, 1.165) is 0 Å². The minimum atomic E-state index is -1.37. The van der Waals surface area contributed by atoms with E-state index in [9.17, 15) is 9.59 Å². The highest BCUT2D eigenvalue weighted by atomic mass is 35.5. The highest BCUT2D eigenvalue weighted by Gasteiger charge is 2.23. The number of rotatable bonds is 4. The smallest absolute Gasteiger partial charge is 0.328 e. The van der Waals surface area contributed by atoms with Crippen LogP contribution in [0.4, 0.5) is 0 Å². The van der Waals surface area contributed by atoms with E-state index in [1.54, 1.807) is 19.1 Å². The summed E-state index contributed by atoms with van der Waals surface area (Å²) in [6.45, 7) is 0.933. The average molecular weight is 298 g/mol. The number of carbonyl (C=O) groups is 2. The maximum atomic E-state index is 12.1. The summed E-state index contributed by atoms with van der Waals surface area (Å²) in [6.07, 6.45) is 1.51. The topological polar surface area (TPSA) is 104 Å². The number of fused-ring (bicyclic) bond motifs is 1. The number of carboxylic acid groups (broad SMARTS) is 1. The molecule has 7 nitrogen and oxygen atoms in total. The Morgan fingerprint density at radius 1 is 1.50 bits per heavy atom. The maximum Gasteiger partial charge on any atom is 0.328 e. The number of aliphatic hydroxyl groups is 1. The molecular formula is C12H12ClN3O4. The molecule has 0 saturated carbocycles. The highest BCUT2D eigenvalue weighted by Crippen LogP contribution is 2.16. The second-order valence-electron chi connectivity index (χ2n) is 4.17. The summed E-state index contributed by atoms with van der Waals surface area (Å²) >= 11 is 5.87. The summed E-state index contributed by atoms with van der Waals surface area (Å²) in [4.78, 5) is 27.1. The minimum absolute atomic E-state index is 0.183. The number of halogens is 1. The number of aryl methyl sites for hydroxylation is 1. The van der Waals surface area contributed by atoms with Gasteiger partial charge in [-0.25, -0.2) is 9.78 Å². The molecule has 1 atom stereocenters. The lowest BCUT2D eigenvalue weighted by molar-refractivity contribution is -0.140. The van der Waals surface area contributed by atoms with Gasteiger partial charge in [0.1, 0.15) is 11.3 Å². The van der Waals surface area contributed by atoms with Gasteiger partial charge in [-0.1, -0.05) is 11.6 Å². The fourth-order valence-electron chi connectivity index (χ4n) is 1.82. The van der Waals surface area contributed by atoms with Gasteiger partial charge in [0.15, 0.2) is 6.04 Å². The van der Waals surface area contributed by atoms with Crippen molar-refractivity contribution in [1.82, 2.24) is 14.7 Å². The molecule has 8 heteroatoms. The second kappa shape index (κ2) is 5.48. The summed E-state index contributed by atoms with van der Waals surface area (Å²) in [5.41, 5.74) is 1.14. The molecule has 0 aliphatic carbocycles. The molecule has 1 unspecified atom stereocenters. The van der Waals surface area contributed by atoms with Gasteiger partial charge in [-0.2, -0.15) is 0 Å². The van der Waals surface area contributed by atoms with Gasteiger partial charge < -0.3 is 15.5 Å². The van der Waals surface area contributed by atoms with Crippen LogP contribution < -0.4 is 5.32 Å². The van der Waals surface area contributed by atoms with Crippen LogP contribution in [0.3, 0.4) is 0 Å². The first kappa shape index (κ1) is 14.3. The van der Waals surface area contributed by atoms with E-state index < -0.39 is 24.5 Å². The molecule has 106 valence electrons. The average Bonchev–Trinajstić information content (AvgIpc) is 2.70. The molecule has 3 N–H and O–H groups in total. The Bertz CT molecular complexity index is 683. The molecule has 2 aromatic rings. The Hall–Kier alpha value is -2.12. The van der Waals surface area contributed by atoms with Gasteiger partial charge in [0.2, 0.25) is 0 Å². The van der Waals surface area contributed by atoms with Crippen LogP contribution in [-0.2, 0) is 4.79 Å². The fraction of sp³-hybridized carbons (Fsp3) is 0.250. The molecule has 0 saturated heterocycles. The predicted octanol–water partition coefficient (Wildman–Crippen LogP) is 0.471. The maximum absolute atomic E-state index is 12.1. The zero-order valence-corrected chi connectivity index (χ0v) is 11.3. The Labute approximate surface area is 118 Å². The predicted molar refractivity (Wildman–Crippen MR) is 70.9 cm³/mol. The van der Waals surface area contributed by atoms with Crippen LogP contribution in [-0.4, -0.2) is 44.1 Å². The number of hydrogen-bond acceptors (Lipinski definition) is 4. The fourth-order valence-corrected chi connectivity index (χ4v) is 1.98. The first-order valence-electron chi connectivity index (χ1n) is 5.72. The molecule has 0 fully saturated rings. The molecule has 2 rings (SSSR count). The first-order chi connectivity index (χ1) is 9.43. The Balaban J connectivity index is 2.41. The van der Waals surface area contributed by atoms with Crippen LogP contribution in [0.5, 0.6) is 0 Å². The third-order valence-corrected chi connectivity index (χ3v) is 2.98. The molecule has 0 radical (unpaired) electrons. The summed E-state index contributed by atoms with van der Waals surface area (Å²) < 4.78 is 1.48. The molecule has 0 spiro atoms. The van der Waals surface area contributed by atoms with Crippen molar-refractivity contribution >= 4 is 29.1 Å². The standard InChI is InChI=1S/C12H12ClN3O4/c1-6-10(11(18)15-8(5-17)12(19)20)16-4-7(13)2-3-9(16)14-6/h2-4,8,17H,5H2,1H3,(H,15,18)(H,19,20). The normalized spacial score (nSPS) is 12.3. The van der Waals surface area contributed by atoms with Crippen molar-refractivity contribution < 1.29 is 19.8 Å². The molecule has 0 aromatic carbocycles. The molecule has 2 heterocycles. The minimum Gasteiger partial charge on any atom is -0.480 e. The third-order valence-electron chi connectivity index (χ3n) is 2.76. The number of amides is 1. The highest BCUT2D eigenvalue weighted by molar-refractivity contribution is 6.30. The van der Waals surface area contributed by atoms with Crippen molar-refractivity contribution in [3.8, 4) is 0 Å². The van der Waals surface area contributed by atoms with Gasteiger partial charge >= 0.3 is 5.97 Å². The van der Waals surface area contributed by atoms with Gasteiger partial charge in [0.25, 0.3) is 5.91 Å². The molecule has 20 heavy (non-hydrogen) atoms. The van der Waals surface area contributed by atoms with Crippen molar-refractivity contribution in [3.63, 3.8) is 0 Å². The van der Waals surface area contributed by atoms with Crippen molar-refractivity contribution in [3.05, 3.63) is 34.7 Å². The second-order valence-corrected chi connectivity index (χ2v) is 4.60. The SMILES string of the molecule is Cc1nc2ccc(Cl)cn2c1C(=O)NC(CO)C(=O)O. The lowest BCUT2D eigenvalue weighted by Crippen LogP contribution is -2.43. The van der Waals surface area contributed by atoms with Gasteiger partial charge in [0.05, 0.1) is 17.3 Å². The number of aliphatic carboxylic acids is 1. The first-order valence-corrected chi connectivity index (χ1v) is 6.10. The van der Waals surface area contributed by atoms with Crippen molar-refractivity contribution in [2.45, 2.75) is 13.0 Å². The number of nitrogens with one attached hydrogen (secondary N) is 1. The number of aliphatic hydroxyl groups excluding tert-OH is 1.